The Balaban J connectivity index is 2.69. The van der Waals surface area contributed by atoms with Crippen molar-refractivity contribution in [2.45, 2.75) is 13.8 Å². The smallest absolute Gasteiger partial charge is 0.00169 e. The topological polar surface area (TPSA) is 0 Å². The maximum absolute atomic E-state index is 2.18. The zero-order valence-electron chi connectivity index (χ0n) is 6.27. The third-order valence-electron chi connectivity index (χ3n) is 0.443. The van der Waals surface area contributed by atoms with Crippen LogP contribution >= 0.6 is 70.7 Å². The van der Waals surface area contributed by atoms with Gasteiger partial charge >= 0.3 is 0 Å². The molecule has 0 saturated heterocycles. The van der Waals surface area contributed by atoms with Crippen molar-refractivity contribution in [3.8, 4) is 0 Å². The van der Waals surface area contributed by atoms with Gasteiger partial charge < -0.3 is 0 Å². The standard InChI is InChI=1S/C4H10S7/c1-3-5-7-9-11-10-8-6-4-2/h3-4H2,1-2H3. The van der Waals surface area contributed by atoms with Gasteiger partial charge in [-0.1, -0.05) is 35.4 Å². The van der Waals surface area contributed by atoms with Gasteiger partial charge in [0.25, 0.3) is 0 Å². The Kier molecular flexibility index (Phi) is 15.2. The highest BCUT2D eigenvalue weighted by Gasteiger charge is 1.92. The van der Waals surface area contributed by atoms with E-state index in [1.54, 1.807) is 0 Å². The van der Waals surface area contributed by atoms with E-state index in [4.69, 9.17) is 0 Å². The van der Waals surface area contributed by atoms with Crippen molar-refractivity contribution in [2.24, 2.45) is 0 Å². The molecule has 0 atom stereocenters. The van der Waals surface area contributed by atoms with E-state index in [9.17, 15) is 0 Å². The molecule has 0 nitrogen and oxygen atoms in total. The molecule has 0 rings (SSSR count). The summed E-state index contributed by atoms with van der Waals surface area (Å²) in [7, 11) is 13.1. The lowest BCUT2D eigenvalue weighted by molar-refractivity contribution is 1.54. The Hall–Kier alpha value is 2.45. The quantitative estimate of drug-likeness (QED) is 0.411. The van der Waals surface area contributed by atoms with E-state index in [0.717, 1.165) is 0 Å². The Labute approximate surface area is 95.1 Å². The van der Waals surface area contributed by atoms with Crippen LogP contribution in [0.25, 0.3) is 0 Å². The normalized spacial score (nSPS) is 10.4. The van der Waals surface area contributed by atoms with Crippen molar-refractivity contribution in [1.29, 1.82) is 0 Å². The van der Waals surface area contributed by atoms with Gasteiger partial charge in [-0.2, -0.15) is 0 Å². The van der Waals surface area contributed by atoms with E-state index in [1.165, 1.54) is 11.5 Å². The lowest BCUT2D eigenvalue weighted by Gasteiger charge is -1.95. The Bertz CT molecular complexity index is 59.5. The summed E-state index contributed by atoms with van der Waals surface area (Å²) >= 11 is 0. The molecule has 0 fully saturated rings. The first-order valence-corrected chi connectivity index (χ1v) is 12.1. The molecule has 0 aromatic rings. The van der Waals surface area contributed by atoms with E-state index in [1.807, 2.05) is 70.7 Å². The maximum atomic E-state index is 2.18. The molecule has 0 spiro atoms. The molecule has 0 saturated carbocycles. The minimum atomic E-state index is 1.19. The van der Waals surface area contributed by atoms with E-state index in [-0.39, 0.29) is 0 Å². The molecule has 0 radical (unpaired) electrons. The molecule has 0 aliphatic rings. The van der Waals surface area contributed by atoms with Crippen molar-refractivity contribution in [2.75, 3.05) is 11.5 Å². The van der Waals surface area contributed by atoms with E-state index < -0.39 is 0 Å². The number of rotatable bonds is 8. The predicted molar refractivity (Wildman–Crippen MR) is 74.2 cm³/mol. The van der Waals surface area contributed by atoms with Crippen molar-refractivity contribution in [1.82, 2.24) is 0 Å². The SMILES string of the molecule is CCSSSSSSSCC. The second-order valence-corrected chi connectivity index (χ2v) is 13.0. The van der Waals surface area contributed by atoms with Gasteiger partial charge in [-0.05, 0) is 49.1 Å². The third-order valence-corrected chi connectivity index (χ3v) is 13.7. The van der Waals surface area contributed by atoms with Gasteiger partial charge in [0.15, 0.2) is 0 Å². The lowest BCUT2D eigenvalue weighted by Crippen LogP contribution is -1.51. The highest BCUT2D eigenvalue weighted by molar-refractivity contribution is 9.45. The first-order valence-electron chi connectivity index (χ1n) is 2.99. The molecule has 11 heavy (non-hydrogen) atoms. The fraction of sp³-hybridized carbons (Fsp3) is 1.00. The summed E-state index contributed by atoms with van der Waals surface area (Å²) < 4.78 is 0. The number of hydrogen-bond acceptors (Lipinski definition) is 7. The molecule has 0 heterocycles. The molecular formula is C4H10S7. The van der Waals surface area contributed by atoms with E-state index in [0.29, 0.717) is 0 Å². The second kappa shape index (κ2) is 12.4. The molecule has 0 aliphatic heterocycles. The molecule has 0 amide bonds. The summed E-state index contributed by atoms with van der Waals surface area (Å²) in [4.78, 5) is 0. The van der Waals surface area contributed by atoms with E-state index >= 15 is 0 Å². The zero-order valence-corrected chi connectivity index (χ0v) is 12.0. The van der Waals surface area contributed by atoms with Gasteiger partial charge in [0, 0.05) is 11.5 Å². The van der Waals surface area contributed by atoms with Crippen LogP contribution in [0.4, 0.5) is 0 Å². The van der Waals surface area contributed by atoms with Crippen LogP contribution in [0, 0.1) is 0 Å². The monoisotopic (exact) mass is 282 g/mol. The summed E-state index contributed by atoms with van der Waals surface area (Å²) in [6, 6.07) is 0. The second-order valence-electron chi connectivity index (χ2n) is 1.15. The first-order chi connectivity index (χ1) is 5.41. The molecule has 0 aliphatic carbocycles. The van der Waals surface area contributed by atoms with Gasteiger partial charge in [-0.3, -0.25) is 0 Å². The predicted octanol–water partition coefficient (Wildman–Crippen LogP) is 5.65. The van der Waals surface area contributed by atoms with Gasteiger partial charge in [0.1, 0.15) is 0 Å². The fourth-order valence-electron chi connectivity index (χ4n) is 0.170. The van der Waals surface area contributed by atoms with E-state index in [2.05, 4.69) is 13.8 Å². The first kappa shape index (κ1) is 13.4. The van der Waals surface area contributed by atoms with Gasteiger partial charge in [-0.25, -0.2) is 0 Å². The molecular weight excluding hydrogens is 273 g/mol. The largest absolute Gasteiger partial charge is 0.0820 e. The van der Waals surface area contributed by atoms with Crippen LogP contribution in [0.3, 0.4) is 0 Å². The summed E-state index contributed by atoms with van der Waals surface area (Å²) in [6.45, 7) is 4.36. The summed E-state index contributed by atoms with van der Waals surface area (Å²) in [6.07, 6.45) is 0. The Morgan fingerprint density at radius 2 is 1.00 bits per heavy atom. The number of hydrogen-bond donors (Lipinski definition) is 0. The average molecular weight is 283 g/mol. The Morgan fingerprint density at radius 1 is 0.636 bits per heavy atom. The van der Waals surface area contributed by atoms with Gasteiger partial charge in [0.2, 0.25) is 0 Å². The minimum absolute atomic E-state index is 1.19. The molecule has 68 valence electrons. The van der Waals surface area contributed by atoms with Crippen LogP contribution < -0.4 is 0 Å². The van der Waals surface area contributed by atoms with Crippen molar-refractivity contribution >= 4 is 70.7 Å². The van der Waals surface area contributed by atoms with Crippen LogP contribution in [0.15, 0.2) is 0 Å². The molecule has 0 unspecified atom stereocenters. The van der Waals surface area contributed by atoms with Crippen LogP contribution in [-0.2, 0) is 0 Å². The van der Waals surface area contributed by atoms with Gasteiger partial charge in [0.05, 0.1) is 0 Å². The molecule has 0 aromatic heterocycles. The highest BCUT2D eigenvalue weighted by Crippen LogP contribution is 2.54. The molecule has 0 aromatic carbocycles. The highest BCUT2D eigenvalue weighted by atomic mass is 33.9. The Morgan fingerprint density at radius 3 is 1.36 bits per heavy atom. The van der Waals surface area contributed by atoms with Crippen molar-refractivity contribution < 1.29 is 0 Å². The minimum Gasteiger partial charge on any atom is -0.0820 e. The average Bonchev–Trinajstić information content (AvgIpc) is 2.03. The maximum Gasteiger partial charge on any atom is 0.00169 e. The molecule has 0 N–H and O–H groups in total. The van der Waals surface area contributed by atoms with Crippen LogP contribution in [-0.4, -0.2) is 11.5 Å². The third kappa shape index (κ3) is 12.4. The summed E-state index contributed by atoms with van der Waals surface area (Å²) in [5.41, 5.74) is 0. The van der Waals surface area contributed by atoms with Crippen LogP contribution in [0.2, 0.25) is 0 Å². The molecule has 0 bridgehead atoms. The van der Waals surface area contributed by atoms with Crippen LogP contribution in [0.1, 0.15) is 13.8 Å². The fourth-order valence-corrected chi connectivity index (χ4v) is 14.0. The zero-order chi connectivity index (χ0) is 8.36. The van der Waals surface area contributed by atoms with Crippen molar-refractivity contribution in [3.05, 3.63) is 0 Å². The summed E-state index contributed by atoms with van der Waals surface area (Å²) in [5.74, 6) is 2.39. The molecule has 7 heteroatoms. The van der Waals surface area contributed by atoms with Gasteiger partial charge in [-0.15, -0.1) is 0 Å². The van der Waals surface area contributed by atoms with Crippen LogP contribution in [0.5, 0.6) is 0 Å². The van der Waals surface area contributed by atoms with Crippen molar-refractivity contribution in [3.63, 3.8) is 0 Å². The lowest BCUT2D eigenvalue weighted by atomic mass is 11.0. The summed E-state index contributed by atoms with van der Waals surface area (Å²) in [5, 5.41) is 0.